The van der Waals surface area contributed by atoms with Crippen molar-refractivity contribution in [3.05, 3.63) is 33.4 Å². The van der Waals surface area contributed by atoms with Gasteiger partial charge in [0, 0.05) is 9.32 Å². The SMILES string of the molecule is CC(C)CC(CO)Nc1nc(SCc2ccccc2I)nc2nc(N)sc12. The highest BCUT2D eigenvalue weighted by molar-refractivity contribution is 14.1. The second-order valence-electron chi connectivity index (χ2n) is 6.59. The van der Waals surface area contributed by atoms with Gasteiger partial charge in [0.1, 0.15) is 4.70 Å². The predicted octanol–water partition coefficient (Wildman–Crippen LogP) is 4.38. The van der Waals surface area contributed by atoms with Crippen LogP contribution in [0.15, 0.2) is 29.4 Å². The van der Waals surface area contributed by atoms with E-state index >= 15 is 0 Å². The number of fused-ring (bicyclic) bond motifs is 1. The first-order valence-electron chi connectivity index (χ1n) is 8.64. The van der Waals surface area contributed by atoms with E-state index in [9.17, 15) is 5.11 Å². The highest BCUT2D eigenvalue weighted by atomic mass is 127. The van der Waals surface area contributed by atoms with E-state index < -0.39 is 0 Å². The molecule has 0 aliphatic rings. The van der Waals surface area contributed by atoms with Crippen LogP contribution < -0.4 is 11.1 Å². The summed E-state index contributed by atoms with van der Waals surface area (Å²) in [7, 11) is 0. The number of halogens is 1. The second-order valence-corrected chi connectivity index (χ2v) is 9.73. The van der Waals surface area contributed by atoms with E-state index in [1.807, 2.05) is 12.1 Å². The average molecular weight is 515 g/mol. The zero-order chi connectivity index (χ0) is 19.4. The largest absolute Gasteiger partial charge is 0.394 e. The van der Waals surface area contributed by atoms with Crippen LogP contribution in [0.4, 0.5) is 10.9 Å². The van der Waals surface area contributed by atoms with Crippen LogP contribution in [0.1, 0.15) is 25.8 Å². The van der Waals surface area contributed by atoms with Crippen LogP contribution in [0.5, 0.6) is 0 Å². The molecule has 1 atom stereocenters. The minimum atomic E-state index is -0.0700. The number of nitrogens with zero attached hydrogens (tertiary/aromatic N) is 3. The number of hydrogen-bond donors (Lipinski definition) is 3. The minimum Gasteiger partial charge on any atom is -0.394 e. The maximum Gasteiger partial charge on any atom is 0.191 e. The van der Waals surface area contributed by atoms with E-state index in [0.29, 0.717) is 27.7 Å². The predicted molar refractivity (Wildman–Crippen MR) is 122 cm³/mol. The van der Waals surface area contributed by atoms with Gasteiger partial charge >= 0.3 is 0 Å². The van der Waals surface area contributed by atoms with Gasteiger partial charge in [-0.3, -0.25) is 0 Å². The number of hydrogen-bond acceptors (Lipinski definition) is 8. The van der Waals surface area contributed by atoms with Gasteiger partial charge in [-0.2, -0.15) is 0 Å². The minimum absolute atomic E-state index is 0.0443. The van der Waals surface area contributed by atoms with E-state index in [0.717, 1.165) is 16.9 Å². The van der Waals surface area contributed by atoms with Crippen LogP contribution in [0, 0.1) is 9.49 Å². The first-order valence-corrected chi connectivity index (χ1v) is 11.5. The number of aliphatic hydroxyl groups is 1. The summed E-state index contributed by atoms with van der Waals surface area (Å²) >= 11 is 5.27. The van der Waals surface area contributed by atoms with Crippen molar-refractivity contribution in [3.63, 3.8) is 0 Å². The number of rotatable bonds is 8. The van der Waals surface area contributed by atoms with Gasteiger partial charge in [-0.25, -0.2) is 15.0 Å². The molecule has 0 spiro atoms. The third-order valence-corrected chi connectivity index (χ3v) is 6.71. The van der Waals surface area contributed by atoms with Gasteiger partial charge in [-0.05, 0) is 46.6 Å². The number of benzene rings is 1. The standard InChI is InChI=1S/C18H22IN5OS2/c1-10(2)7-12(8-25)21-15-14-16(22-17(20)27-14)24-18(23-15)26-9-11-5-3-4-6-13(11)19/h3-6,10,12,25H,7-9H2,1-2H3,(H3,20,21,22,23,24). The smallest absolute Gasteiger partial charge is 0.191 e. The van der Waals surface area contributed by atoms with Gasteiger partial charge in [0.25, 0.3) is 0 Å². The number of anilines is 2. The van der Waals surface area contributed by atoms with Crippen LogP contribution in [0.2, 0.25) is 0 Å². The Morgan fingerprint density at radius 2 is 2.04 bits per heavy atom. The zero-order valence-corrected chi connectivity index (χ0v) is 18.9. The first kappa shape index (κ1) is 20.6. The Hall–Kier alpha value is -1.17. The summed E-state index contributed by atoms with van der Waals surface area (Å²) in [6.45, 7) is 4.31. The van der Waals surface area contributed by atoms with E-state index in [1.165, 1.54) is 20.5 Å². The van der Waals surface area contributed by atoms with Crippen LogP contribution in [-0.2, 0) is 5.75 Å². The normalized spacial score (nSPS) is 12.6. The lowest BCUT2D eigenvalue weighted by Crippen LogP contribution is -2.26. The molecular formula is C18H22IN5OS2. The number of aliphatic hydroxyl groups excluding tert-OH is 1. The molecule has 1 aromatic carbocycles. The summed E-state index contributed by atoms with van der Waals surface area (Å²) in [5.41, 5.74) is 7.73. The van der Waals surface area contributed by atoms with Crippen molar-refractivity contribution in [1.82, 2.24) is 15.0 Å². The van der Waals surface area contributed by atoms with Crippen LogP contribution in [-0.4, -0.2) is 32.7 Å². The molecule has 144 valence electrons. The average Bonchev–Trinajstić information content (AvgIpc) is 3.00. The molecule has 9 heteroatoms. The first-order chi connectivity index (χ1) is 13.0. The third-order valence-electron chi connectivity index (χ3n) is 3.88. The topological polar surface area (TPSA) is 97.0 Å². The molecule has 0 saturated carbocycles. The molecule has 27 heavy (non-hydrogen) atoms. The van der Waals surface area contributed by atoms with Crippen molar-refractivity contribution in [2.24, 2.45) is 5.92 Å². The monoisotopic (exact) mass is 515 g/mol. The molecule has 2 heterocycles. The van der Waals surface area contributed by atoms with Crippen molar-refractivity contribution in [3.8, 4) is 0 Å². The lowest BCUT2D eigenvalue weighted by Gasteiger charge is -2.19. The lowest BCUT2D eigenvalue weighted by molar-refractivity contribution is 0.259. The highest BCUT2D eigenvalue weighted by Crippen LogP contribution is 2.32. The Morgan fingerprint density at radius 1 is 1.26 bits per heavy atom. The fourth-order valence-corrected chi connectivity index (χ4v) is 5.09. The number of thioether (sulfide) groups is 1. The van der Waals surface area contributed by atoms with E-state index in [4.69, 9.17) is 10.7 Å². The van der Waals surface area contributed by atoms with Crippen molar-refractivity contribution in [2.75, 3.05) is 17.7 Å². The molecule has 4 N–H and O–H groups in total. The molecule has 1 unspecified atom stereocenters. The third kappa shape index (κ3) is 5.43. The summed E-state index contributed by atoms with van der Waals surface area (Å²) in [4.78, 5) is 13.6. The zero-order valence-electron chi connectivity index (χ0n) is 15.1. The van der Waals surface area contributed by atoms with Crippen LogP contribution in [0.25, 0.3) is 10.3 Å². The molecule has 2 aromatic heterocycles. The summed E-state index contributed by atoms with van der Waals surface area (Å²) in [6.07, 6.45) is 0.848. The van der Waals surface area contributed by atoms with Gasteiger partial charge in [-0.1, -0.05) is 55.1 Å². The number of nitrogens with one attached hydrogen (secondary N) is 1. The molecule has 0 saturated heterocycles. The molecule has 6 nitrogen and oxygen atoms in total. The molecule has 0 bridgehead atoms. The molecule has 0 fully saturated rings. The molecule has 3 rings (SSSR count). The Balaban J connectivity index is 1.87. The summed E-state index contributed by atoms with van der Waals surface area (Å²) < 4.78 is 2.05. The summed E-state index contributed by atoms with van der Waals surface area (Å²) in [6, 6.07) is 8.19. The Bertz CT molecular complexity index is 918. The van der Waals surface area contributed by atoms with Gasteiger partial charge in [-0.15, -0.1) is 0 Å². The molecule has 0 aliphatic carbocycles. The van der Waals surface area contributed by atoms with Crippen molar-refractivity contribution >= 4 is 67.0 Å². The van der Waals surface area contributed by atoms with E-state index in [2.05, 4.69) is 63.9 Å². The quantitative estimate of drug-likeness (QED) is 0.233. The number of nitrogen functional groups attached to an aromatic ring is 1. The molecule has 0 aliphatic heterocycles. The number of thiazole rings is 1. The Labute approximate surface area is 180 Å². The lowest BCUT2D eigenvalue weighted by atomic mass is 10.0. The highest BCUT2D eigenvalue weighted by Gasteiger charge is 2.17. The Morgan fingerprint density at radius 3 is 2.74 bits per heavy atom. The van der Waals surface area contributed by atoms with Gasteiger partial charge < -0.3 is 16.2 Å². The van der Waals surface area contributed by atoms with Crippen molar-refractivity contribution in [2.45, 2.75) is 37.2 Å². The maximum absolute atomic E-state index is 9.72. The van der Waals surface area contributed by atoms with E-state index in [-0.39, 0.29) is 12.6 Å². The second kappa shape index (κ2) is 9.35. The van der Waals surface area contributed by atoms with Gasteiger partial charge in [0.05, 0.1) is 12.6 Å². The molecular weight excluding hydrogens is 493 g/mol. The van der Waals surface area contributed by atoms with Crippen molar-refractivity contribution < 1.29 is 5.11 Å². The number of aromatic nitrogens is 3. The van der Waals surface area contributed by atoms with Crippen LogP contribution >= 0.6 is 45.7 Å². The summed E-state index contributed by atoms with van der Waals surface area (Å²) in [5, 5.41) is 14.2. The molecule has 0 amide bonds. The van der Waals surface area contributed by atoms with Crippen LogP contribution in [0.3, 0.4) is 0 Å². The maximum atomic E-state index is 9.72. The molecule has 0 radical (unpaired) electrons. The molecule has 3 aromatic rings. The van der Waals surface area contributed by atoms with Gasteiger partial charge in [0.15, 0.2) is 21.8 Å². The van der Waals surface area contributed by atoms with E-state index in [1.54, 1.807) is 11.8 Å². The number of nitrogens with two attached hydrogens (primary N) is 1. The Kier molecular flexibility index (Phi) is 7.12. The summed E-state index contributed by atoms with van der Waals surface area (Å²) in [5.74, 6) is 1.94. The van der Waals surface area contributed by atoms with Crippen molar-refractivity contribution in [1.29, 1.82) is 0 Å². The van der Waals surface area contributed by atoms with Gasteiger partial charge in [0.2, 0.25) is 0 Å². The fraction of sp³-hybridized carbons (Fsp3) is 0.389. The fourth-order valence-electron chi connectivity index (χ4n) is 2.68.